The quantitative estimate of drug-likeness (QED) is 0.377. The molecule has 1 aromatic heterocycles. The van der Waals surface area contributed by atoms with Crippen LogP contribution >= 0.6 is 27.7 Å². The van der Waals surface area contributed by atoms with E-state index in [9.17, 15) is 0 Å². The summed E-state index contributed by atoms with van der Waals surface area (Å²) in [5, 5.41) is 0.598. The van der Waals surface area contributed by atoms with Crippen LogP contribution in [0.4, 0.5) is 5.82 Å². The molecule has 0 spiro atoms. The molecule has 106 valence electrons. The van der Waals surface area contributed by atoms with Crippen LogP contribution < -0.4 is 16.0 Å². The van der Waals surface area contributed by atoms with Crippen LogP contribution in [0.3, 0.4) is 0 Å². The summed E-state index contributed by atoms with van der Waals surface area (Å²) in [5.41, 5.74) is 4.72. The molecule has 7 heteroatoms. The minimum absolute atomic E-state index is 0.457. The van der Waals surface area contributed by atoms with Crippen molar-refractivity contribution in [3.8, 4) is 11.6 Å². The number of hydrogen-bond donors (Lipinski definition) is 2. The maximum Gasteiger partial charge on any atom is 0.225 e. The first-order valence-electron chi connectivity index (χ1n) is 5.87. The molecule has 0 unspecified atom stereocenters. The fraction of sp³-hybridized carbons (Fsp3) is 0.231. The van der Waals surface area contributed by atoms with Crippen LogP contribution in [-0.2, 0) is 0 Å². The molecule has 5 nitrogen and oxygen atoms in total. The molecule has 0 aliphatic heterocycles. The van der Waals surface area contributed by atoms with Crippen molar-refractivity contribution in [1.29, 1.82) is 0 Å². The van der Waals surface area contributed by atoms with Gasteiger partial charge < -0.3 is 10.2 Å². The summed E-state index contributed by atoms with van der Waals surface area (Å²) in [6, 6.07) is 5.56. The Morgan fingerprint density at radius 2 is 1.85 bits per heavy atom. The number of halogens is 1. The van der Waals surface area contributed by atoms with E-state index < -0.39 is 0 Å². The van der Waals surface area contributed by atoms with E-state index in [0.29, 0.717) is 16.9 Å². The second kappa shape index (κ2) is 6.43. The van der Waals surface area contributed by atoms with Gasteiger partial charge in [-0.05, 0) is 43.4 Å². The number of aromatic nitrogens is 2. The number of hydrazine groups is 1. The van der Waals surface area contributed by atoms with Gasteiger partial charge in [0, 0.05) is 10.5 Å². The molecule has 0 fully saturated rings. The van der Waals surface area contributed by atoms with E-state index >= 15 is 0 Å². The first-order chi connectivity index (χ1) is 9.53. The maximum atomic E-state index is 5.80. The van der Waals surface area contributed by atoms with Crippen LogP contribution in [0.1, 0.15) is 11.1 Å². The number of nitrogens with two attached hydrogens (primary N) is 1. The molecular weight excluding hydrogens is 340 g/mol. The average Bonchev–Trinajstić information content (AvgIpc) is 2.44. The van der Waals surface area contributed by atoms with Gasteiger partial charge in [-0.1, -0.05) is 27.7 Å². The van der Waals surface area contributed by atoms with E-state index in [1.54, 1.807) is 6.07 Å². The molecule has 0 radical (unpaired) electrons. The third-order valence-corrected chi connectivity index (χ3v) is 4.44. The summed E-state index contributed by atoms with van der Waals surface area (Å²) in [6.07, 6.45) is 1.90. The Morgan fingerprint density at radius 3 is 2.40 bits per heavy atom. The lowest BCUT2D eigenvalue weighted by molar-refractivity contribution is 0.455. The van der Waals surface area contributed by atoms with Crippen molar-refractivity contribution in [2.75, 3.05) is 11.7 Å². The summed E-state index contributed by atoms with van der Waals surface area (Å²) >= 11 is 4.96. The van der Waals surface area contributed by atoms with Gasteiger partial charge in [0.25, 0.3) is 0 Å². The lowest BCUT2D eigenvalue weighted by Gasteiger charge is -2.10. The number of nitrogens with zero attached hydrogens (tertiary/aromatic N) is 2. The predicted molar refractivity (Wildman–Crippen MR) is 85.3 cm³/mol. The highest BCUT2D eigenvalue weighted by Gasteiger charge is 2.08. The third-order valence-electron chi connectivity index (χ3n) is 2.64. The minimum atomic E-state index is 0.457. The van der Waals surface area contributed by atoms with E-state index in [1.165, 1.54) is 11.8 Å². The van der Waals surface area contributed by atoms with Gasteiger partial charge in [0.15, 0.2) is 5.16 Å². The third kappa shape index (κ3) is 3.41. The number of anilines is 1. The summed E-state index contributed by atoms with van der Waals surface area (Å²) in [7, 11) is 0. The molecule has 0 atom stereocenters. The minimum Gasteiger partial charge on any atom is -0.439 e. The standard InChI is InChI=1S/C13H15BrN4OS/c1-7-4-9(5-8(2)12(7)14)19-11-6-10(18-15)16-13(17-11)20-3/h4-6H,15H2,1-3H3,(H,16,17,18). The van der Waals surface area contributed by atoms with Gasteiger partial charge in [-0.25, -0.2) is 10.8 Å². The largest absolute Gasteiger partial charge is 0.439 e. The molecular formula is C13H15BrN4OS. The number of rotatable bonds is 4. The van der Waals surface area contributed by atoms with Crippen molar-refractivity contribution < 1.29 is 4.74 Å². The average molecular weight is 355 g/mol. The van der Waals surface area contributed by atoms with Crippen LogP contribution in [0.15, 0.2) is 27.8 Å². The van der Waals surface area contributed by atoms with Crippen molar-refractivity contribution in [3.05, 3.63) is 33.8 Å². The van der Waals surface area contributed by atoms with Gasteiger partial charge >= 0.3 is 0 Å². The Kier molecular flexibility index (Phi) is 4.85. The molecule has 1 heterocycles. The van der Waals surface area contributed by atoms with Crippen molar-refractivity contribution in [2.24, 2.45) is 5.84 Å². The van der Waals surface area contributed by atoms with Crippen LogP contribution in [0.2, 0.25) is 0 Å². The zero-order valence-electron chi connectivity index (χ0n) is 11.4. The molecule has 1 aromatic carbocycles. The number of ether oxygens (including phenoxy) is 1. The summed E-state index contributed by atoms with van der Waals surface area (Å²) < 4.78 is 6.88. The summed E-state index contributed by atoms with van der Waals surface area (Å²) in [6.45, 7) is 4.04. The van der Waals surface area contributed by atoms with Crippen molar-refractivity contribution >= 4 is 33.5 Å². The van der Waals surface area contributed by atoms with Gasteiger partial charge in [-0.15, -0.1) is 0 Å². The van der Waals surface area contributed by atoms with E-state index in [4.69, 9.17) is 10.6 Å². The van der Waals surface area contributed by atoms with Gasteiger partial charge in [-0.2, -0.15) is 4.98 Å². The zero-order chi connectivity index (χ0) is 14.7. The normalized spacial score (nSPS) is 10.4. The Labute approximate surface area is 130 Å². The van der Waals surface area contributed by atoms with Crippen LogP contribution in [0.5, 0.6) is 11.6 Å². The smallest absolute Gasteiger partial charge is 0.225 e. The van der Waals surface area contributed by atoms with Crippen LogP contribution in [-0.4, -0.2) is 16.2 Å². The number of nitrogens with one attached hydrogen (secondary N) is 1. The molecule has 2 rings (SSSR count). The predicted octanol–water partition coefficient (Wildman–Crippen LogP) is 3.66. The SMILES string of the molecule is CSc1nc(NN)cc(Oc2cc(C)c(Br)c(C)c2)n1. The zero-order valence-corrected chi connectivity index (χ0v) is 13.8. The van der Waals surface area contributed by atoms with E-state index in [2.05, 4.69) is 31.3 Å². The Balaban J connectivity index is 2.34. The monoisotopic (exact) mass is 354 g/mol. The van der Waals surface area contributed by atoms with Gasteiger partial charge in [0.1, 0.15) is 11.6 Å². The molecule has 2 aromatic rings. The second-order valence-corrected chi connectivity index (χ2v) is 5.76. The highest BCUT2D eigenvalue weighted by Crippen LogP contribution is 2.30. The molecule has 0 amide bonds. The first kappa shape index (κ1) is 15.1. The van der Waals surface area contributed by atoms with Gasteiger partial charge in [-0.3, -0.25) is 0 Å². The lowest BCUT2D eigenvalue weighted by atomic mass is 10.1. The molecule has 0 aliphatic carbocycles. The lowest BCUT2D eigenvalue weighted by Crippen LogP contribution is -2.09. The number of benzene rings is 1. The molecule has 0 aliphatic rings. The first-order valence-corrected chi connectivity index (χ1v) is 7.89. The fourth-order valence-electron chi connectivity index (χ4n) is 1.71. The van der Waals surface area contributed by atoms with Crippen molar-refractivity contribution in [1.82, 2.24) is 9.97 Å². The molecule has 20 heavy (non-hydrogen) atoms. The van der Waals surface area contributed by atoms with Gasteiger partial charge in [0.2, 0.25) is 5.88 Å². The van der Waals surface area contributed by atoms with E-state index in [1.807, 2.05) is 32.2 Å². The Morgan fingerprint density at radius 1 is 1.20 bits per heavy atom. The molecule has 0 saturated carbocycles. The Bertz CT molecular complexity index is 591. The summed E-state index contributed by atoms with van der Waals surface area (Å²) in [5.74, 6) is 7.10. The molecule has 3 N–H and O–H groups in total. The number of aryl methyl sites for hydroxylation is 2. The maximum absolute atomic E-state index is 5.80. The number of nitrogen functional groups attached to an aromatic ring is 1. The van der Waals surface area contributed by atoms with Crippen LogP contribution in [0, 0.1) is 13.8 Å². The Hall–Kier alpha value is -1.31. The second-order valence-electron chi connectivity index (χ2n) is 4.20. The van der Waals surface area contributed by atoms with E-state index in [0.717, 1.165) is 21.3 Å². The van der Waals surface area contributed by atoms with Crippen molar-refractivity contribution in [2.45, 2.75) is 19.0 Å². The highest BCUT2D eigenvalue weighted by molar-refractivity contribution is 9.10. The topological polar surface area (TPSA) is 73.1 Å². The number of hydrogen-bond acceptors (Lipinski definition) is 6. The van der Waals surface area contributed by atoms with Gasteiger partial charge in [0.05, 0.1) is 0 Å². The number of thioether (sulfide) groups is 1. The molecule has 0 saturated heterocycles. The molecule has 0 bridgehead atoms. The van der Waals surface area contributed by atoms with Crippen molar-refractivity contribution in [3.63, 3.8) is 0 Å². The summed E-state index contributed by atoms with van der Waals surface area (Å²) in [4.78, 5) is 8.49. The van der Waals surface area contributed by atoms with Crippen LogP contribution in [0.25, 0.3) is 0 Å². The highest BCUT2D eigenvalue weighted by atomic mass is 79.9. The fourth-order valence-corrected chi connectivity index (χ4v) is 2.31. The van der Waals surface area contributed by atoms with E-state index in [-0.39, 0.29) is 0 Å².